The average molecular weight is 347 g/mol. The molecule has 0 saturated carbocycles. The molecule has 0 aliphatic heterocycles. The molecule has 0 amide bonds. The van der Waals surface area contributed by atoms with Crippen LogP contribution in [-0.2, 0) is 18.8 Å². The van der Waals surface area contributed by atoms with Gasteiger partial charge < -0.3 is 9.84 Å². The molecular weight excluding hydrogens is 322 g/mol. The van der Waals surface area contributed by atoms with E-state index in [0.29, 0.717) is 24.3 Å². The topological polar surface area (TPSA) is 55.5 Å². The highest BCUT2D eigenvalue weighted by Gasteiger charge is 2.23. The van der Waals surface area contributed by atoms with E-state index < -0.39 is 5.72 Å². The van der Waals surface area contributed by atoms with Crippen LogP contribution in [-0.4, -0.2) is 5.11 Å². The zero-order valence-electron chi connectivity index (χ0n) is 14.8. The fourth-order valence-electron chi connectivity index (χ4n) is 2.95. The first-order valence-electron chi connectivity index (χ1n) is 8.96. The number of hydrogen-bond acceptors (Lipinski definition) is 3. The molecule has 0 spiro atoms. The van der Waals surface area contributed by atoms with E-state index in [2.05, 4.69) is 12.1 Å². The van der Waals surface area contributed by atoms with Gasteiger partial charge in [-0.1, -0.05) is 72.8 Å². The number of aliphatic hydroxyl groups is 1. The number of ether oxygens (including phenoxy) is 1. The van der Waals surface area contributed by atoms with Crippen LogP contribution in [0.25, 0.3) is 0 Å². The maximum atomic E-state index is 10.7. The minimum absolute atomic E-state index is 0.487. The Morgan fingerprint density at radius 2 is 1.46 bits per heavy atom. The molecule has 3 aromatic carbocycles. The van der Waals surface area contributed by atoms with Gasteiger partial charge in [0.15, 0.2) is 0 Å². The standard InChI is InChI=1S/C23H25NO2/c24-23(25,16-8-13-19-9-3-1-4-10-19)21-14-7-15-22(17-21)26-18-20-11-5-2-6-12-20/h1-7,9-12,14-15,17,25H,8,13,16,18,24H2. The molecule has 1 atom stereocenters. The molecule has 0 aliphatic rings. The van der Waals surface area contributed by atoms with Crippen LogP contribution >= 0.6 is 0 Å². The number of rotatable bonds is 8. The Labute approximate surface area is 155 Å². The number of hydrogen-bond donors (Lipinski definition) is 2. The van der Waals surface area contributed by atoms with E-state index in [1.54, 1.807) is 0 Å². The second kappa shape index (κ2) is 8.65. The van der Waals surface area contributed by atoms with Gasteiger partial charge in [-0.2, -0.15) is 0 Å². The van der Waals surface area contributed by atoms with E-state index in [4.69, 9.17) is 10.5 Å². The number of nitrogens with two attached hydrogens (primary N) is 1. The predicted octanol–water partition coefficient (Wildman–Crippen LogP) is 4.39. The summed E-state index contributed by atoms with van der Waals surface area (Å²) in [5.41, 5.74) is 7.85. The highest BCUT2D eigenvalue weighted by atomic mass is 16.5. The van der Waals surface area contributed by atoms with Crippen molar-refractivity contribution in [1.29, 1.82) is 0 Å². The Morgan fingerprint density at radius 3 is 2.15 bits per heavy atom. The molecule has 3 aromatic rings. The maximum absolute atomic E-state index is 10.7. The Balaban J connectivity index is 1.58. The van der Waals surface area contributed by atoms with Crippen LogP contribution in [0.1, 0.15) is 29.5 Å². The van der Waals surface area contributed by atoms with Crippen LogP contribution in [0.3, 0.4) is 0 Å². The predicted molar refractivity (Wildman–Crippen MR) is 105 cm³/mol. The van der Waals surface area contributed by atoms with Crippen LogP contribution in [0.2, 0.25) is 0 Å². The number of aryl methyl sites for hydroxylation is 1. The van der Waals surface area contributed by atoms with Gasteiger partial charge in [0.05, 0.1) is 0 Å². The smallest absolute Gasteiger partial charge is 0.139 e. The van der Waals surface area contributed by atoms with Crippen molar-refractivity contribution in [3.05, 3.63) is 102 Å². The lowest BCUT2D eigenvalue weighted by atomic mass is 9.96. The first-order chi connectivity index (χ1) is 12.6. The van der Waals surface area contributed by atoms with Crippen LogP contribution in [0.15, 0.2) is 84.9 Å². The molecule has 1 unspecified atom stereocenters. The van der Waals surface area contributed by atoms with Gasteiger partial charge in [0, 0.05) is 5.56 Å². The van der Waals surface area contributed by atoms with E-state index in [-0.39, 0.29) is 0 Å². The molecule has 3 heteroatoms. The van der Waals surface area contributed by atoms with Gasteiger partial charge in [-0.25, -0.2) is 0 Å². The summed E-state index contributed by atoms with van der Waals surface area (Å²) >= 11 is 0. The van der Waals surface area contributed by atoms with E-state index in [1.807, 2.05) is 72.8 Å². The Morgan fingerprint density at radius 1 is 0.808 bits per heavy atom. The summed E-state index contributed by atoms with van der Waals surface area (Å²) in [6.45, 7) is 0.487. The SMILES string of the molecule is NC(O)(CCCc1ccccc1)c1cccc(OCc2ccccc2)c1. The molecule has 0 aliphatic carbocycles. The van der Waals surface area contributed by atoms with Crippen molar-refractivity contribution < 1.29 is 9.84 Å². The third kappa shape index (κ3) is 5.19. The Kier molecular flexibility index (Phi) is 6.05. The third-order valence-electron chi connectivity index (χ3n) is 4.45. The minimum Gasteiger partial charge on any atom is -0.489 e. The number of benzene rings is 3. The molecule has 3 N–H and O–H groups in total. The van der Waals surface area contributed by atoms with E-state index in [0.717, 1.165) is 18.4 Å². The van der Waals surface area contributed by atoms with Crippen molar-refractivity contribution in [3.8, 4) is 5.75 Å². The van der Waals surface area contributed by atoms with Gasteiger partial charge >= 0.3 is 0 Å². The molecule has 26 heavy (non-hydrogen) atoms. The molecule has 0 fully saturated rings. The fourth-order valence-corrected chi connectivity index (χ4v) is 2.95. The lowest BCUT2D eigenvalue weighted by Crippen LogP contribution is -2.36. The minimum atomic E-state index is -1.36. The Hall–Kier alpha value is -2.62. The average Bonchev–Trinajstić information content (AvgIpc) is 2.68. The van der Waals surface area contributed by atoms with Gasteiger partial charge in [-0.3, -0.25) is 5.73 Å². The maximum Gasteiger partial charge on any atom is 0.139 e. The van der Waals surface area contributed by atoms with Crippen molar-refractivity contribution in [1.82, 2.24) is 0 Å². The first kappa shape index (κ1) is 18.2. The zero-order valence-corrected chi connectivity index (χ0v) is 14.8. The van der Waals surface area contributed by atoms with Gasteiger partial charge in [0.2, 0.25) is 0 Å². The summed E-state index contributed by atoms with van der Waals surface area (Å²) < 4.78 is 5.84. The second-order valence-corrected chi connectivity index (χ2v) is 6.57. The van der Waals surface area contributed by atoms with E-state index in [1.165, 1.54) is 5.56 Å². The summed E-state index contributed by atoms with van der Waals surface area (Å²) in [6, 6.07) is 27.6. The molecule has 0 heterocycles. The quantitative estimate of drug-likeness (QED) is 0.594. The normalized spacial score (nSPS) is 13.2. The van der Waals surface area contributed by atoms with Crippen molar-refractivity contribution in [3.63, 3.8) is 0 Å². The largest absolute Gasteiger partial charge is 0.489 e. The molecule has 134 valence electrons. The van der Waals surface area contributed by atoms with E-state index >= 15 is 0 Å². The van der Waals surface area contributed by atoms with Crippen molar-refractivity contribution in [2.45, 2.75) is 31.6 Å². The van der Waals surface area contributed by atoms with Crippen LogP contribution in [0.5, 0.6) is 5.75 Å². The van der Waals surface area contributed by atoms with Gasteiger partial charge in [-0.15, -0.1) is 0 Å². The van der Waals surface area contributed by atoms with Gasteiger partial charge in [-0.05, 0) is 42.5 Å². The molecule has 0 saturated heterocycles. The van der Waals surface area contributed by atoms with Gasteiger partial charge in [0.25, 0.3) is 0 Å². The van der Waals surface area contributed by atoms with Crippen LogP contribution in [0, 0.1) is 0 Å². The summed E-state index contributed by atoms with van der Waals surface area (Å²) in [6.07, 6.45) is 2.20. The lowest BCUT2D eigenvalue weighted by Gasteiger charge is -2.24. The van der Waals surface area contributed by atoms with Crippen LogP contribution in [0.4, 0.5) is 0 Å². The fraction of sp³-hybridized carbons (Fsp3) is 0.217. The molecular formula is C23H25NO2. The summed E-state index contributed by atoms with van der Waals surface area (Å²) in [7, 11) is 0. The summed E-state index contributed by atoms with van der Waals surface area (Å²) in [5.74, 6) is 0.707. The monoisotopic (exact) mass is 347 g/mol. The highest BCUT2D eigenvalue weighted by molar-refractivity contribution is 5.32. The zero-order chi connectivity index (χ0) is 18.2. The Bertz CT molecular complexity index is 801. The van der Waals surface area contributed by atoms with Crippen molar-refractivity contribution in [2.75, 3.05) is 0 Å². The van der Waals surface area contributed by atoms with E-state index in [9.17, 15) is 5.11 Å². The first-order valence-corrected chi connectivity index (χ1v) is 8.96. The second-order valence-electron chi connectivity index (χ2n) is 6.57. The molecule has 3 nitrogen and oxygen atoms in total. The summed E-state index contributed by atoms with van der Waals surface area (Å²) in [4.78, 5) is 0. The molecule has 0 aromatic heterocycles. The van der Waals surface area contributed by atoms with Crippen molar-refractivity contribution >= 4 is 0 Å². The third-order valence-corrected chi connectivity index (χ3v) is 4.45. The van der Waals surface area contributed by atoms with Crippen molar-refractivity contribution in [2.24, 2.45) is 5.73 Å². The van der Waals surface area contributed by atoms with Crippen LogP contribution < -0.4 is 10.5 Å². The van der Waals surface area contributed by atoms with Gasteiger partial charge in [0.1, 0.15) is 18.1 Å². The summed E-state index contributed by atoms with van der Waals surface area (Å²) in [5, 5.41) is 10.7. The molecule has 0 radical (unpaired) electrons. The molecule has 0 bridgehead atoms. The highest BCUT2D eigenvalue weighted by Crippen LogP contribution is 2.25. The lowest BCUT2D eigenvalue weighted by molar-refractivity contribution is 0.0320. The molecule has 3 rings (SSSR count).